The Balaban J connectivity index is 3.18. The SMILES string of the molecule is CO/C=C(/C(=O)OC)c1ccccc1COC. The van der Waals surface area contributed by atoms with Crippen LogP contribution in [0.4, 0.5) is 0 Å². The van der Waals surface area contributed by atoms with E-state index in [-0.39, 0.29) is 0 Å². The predicted octanol–water partition coefficient (Wildman–Crippen LogP) is 1.99. The van der Waals surface area contributed by atoms with E-state index < -0.39 is 5.97 Å². The minimum atomic E-state index is -0.435. The van der Waals surface area contributed by atoms with Crippen LogP contribution in [-0.2, 0) is 25.6 Å². The minimum absolute atomic E-state index is 0.377. The standard InChI is InChI=1S/C13H16O4/c1-15-8-10-6-4-5-7-11(10)12(9-16-2)13(14)17-3/h4-7,9H,8H2,1-3H3/b12-9+. The molecule has 0 radical (unpaired) electrons. The van der Waals surface area contributed by atoms with Crippen molar-refractivity contribution >= 4 is 11.5 Å². The van der Waals surface area contributed by atoms with E-state index in [9.17, 15) is 4.79 Å². The molecule has 4 heteroatoms. The van der Waals surface area contributed by atoms with Gasteiger partial charge in [0.1, 0.15) is 5.57 Å². The Morgan fingerprint density at radius 3 is 2.53 bits per heavy atom. The van der Waals surface area contributed by atoms with Gasteiger partial charge in [-0.1, -0.05) is 24.3 Å². The monoisotopic (exact) mass is 236 g/mol. The molecule has 0 saturated heterocycles. The molecule has 1 aromatic carbocycles. The van der Waals surface area contributed by atoms with Crippen molar-refractivity contribution in [1.82, 2.24) is 0 Å². The summed E-state index contributed by atoms with van der Waals surface area (Å²) >= 11 is 0. The predicted molar refractivity (Wildman–Crippen MR) is 64.2 cm³/mol. The summed E-state index contributed by atoms with van der Waals surface area (Å²) in [4.78, 5) is 11.6. The van der Waals surface area contributed by atoms with Crippen molar-refractivity contribution in [1.29, 1.82) is 0 Å². The molecule has 0 aliphatic heterocycles. The first-order valence-electron chi connectivity index (χ1n) is 5.13. The van der Waals surface area contributed by atoms with Gasteiger partial charge >= 0.3 is 5.97 Å². The third-order valence-electron chi connectivity index (χ3n) is 2.25. The molecule has 0 unspecified atom stereocenters. The maximum atomic E-state index is 11.6. The molecular weight excluding hydrogens is 220 g/mol. The third-order valence-corrected chi connectivity index (χ3v) is 2.25. The lowest BCUT2D eigenvalue weighted by atomic mass is 10.0. The van der Waals surface area contributed by atoms with E-state index in [4.69, 9.17) is 14.2 Å². The molecular formula is C13H16O4. The Morgan fingerprint density at radius 2 is 1.94 bits per heavy atom. The number of benzene rings is 1. The summed E-state index contributed by atoms with van der Waals surface area (Å²) in [6.07, 6.45) is 1.38. The molecule has 1 aromatic rings. The summed E-state index contributed by atoms with van der Waals surface area (Å²) in [6, 6.07) is 7.46. The number of rotatable bonds is 5. The highest BCUT2D eigenvalue weighted by molar-refractivity contribution is 6.16. The number of methoxy groups -OCH3 is 3. The van der Waals surface area contributed by atoms with E-state index in [0.29, 0.717) is 12.2 Å². The maximum absolute atomic E-state index is 11.6. The fraction of sp³-hybridized carbons (Fsp3) is 0.308. The maximum Gasteiger partial charge on any atom is 0.341 e. The smallest absolute Gasteiger partial charge is 0.341 e. The van der Waals surface area contributed by atoms with Crippen LogP contribution < -0.4 is 0 Å². The van der Waals surface area contributed by atoms with E-state index >= 15 is 0 Å². The molecule has 0 fully saturated rings. The molecule has 0 N–H and O–H groups in total. The number of hydrogen-bond donors (Lipinski definition) is 0. The van der Waals surface area contributed by atoms with E-state index in [1.165, 1.54) is 20.5 Å². The van der Waals surface area contributed by atoms with E-state index in [1.54, 1.807) is 7.11 Å². The van der Waals surface area contributed by atoms with Crippen LogP contribution >= 0.6 is 0 Å². The number of esters is 1. The van der Waals surface area contributed by atoms with Crippen LogP contribution in [0.2, 0.25) is 0 Å². The van der Waals surface area contributed by atoms with Gasteiger partial charge in [0.2, 0.25) is 0 Å². The van der Waals surface area contributed by atoms with Crippen molar-refractivity contribution in [3.05, 3.63) is 41.7 Å². The van der Waals surface area contributed by atoms with Gasteiger partial charge in [-0.25, -0.2) is 4.79 Å². The molecule has 4 nitrogen and oxygen atoms in total. The number of carbonyl (C=O) groups is 1. The fourth-order valence-electron chi connectivity index (χ4n) is 1.51. The average molecular weight is 236 g/mol. The van der Waals surface area contributed by atoms with Gasteiger partial charge in [0, 0.05) is 7.11 Å². The summed E-state index contributed by atoms with van der Waals surface area (Å²) in [5.74, 6) is -0.435. The quantitative estimate of drug-likeness (QED) is 0.445. The highest BCUT2D eigenvalue weighted by atomic mass is 16.5. The second-order valence-electron chi connectivity index (χ2n) is 3.35. The van der Waals surface area contributed by atoms with Gasteiger partial charge in [0.15, 0.2) is 0 Å². The van der Waals surface area contributed by atoms with Crippen molar-refractivity contribution in [2.24, 2.45) is 0 Å². The van der Waals surface area contributed by atoms with Crippen molar-refractivity contribution in [3.8, 4) is 0 Å². The van der Waals surface area contributed by atoms with Crippen molar-refractivity contribution < 1.29 is 19.0 Å². The van der Waals surface area contributed by atoms with Crippen LogP contribution in [0.5, 0.6) is 0 Å². The Hall–Kier alpha value is -1.81. The van der Waals surface area contributed by atoms with Crippen LogP contribution in [0.3, 0.4) is 0 Å². The Kier molecular flexibility index (Phi) is 5.23. The van der Waals surface area contributed by atoms with Crippen LogP contribution in [0, 0.1) is 0 Å². The summed E-state index contributed by atoms with van der Waals surface area (Å²) in [5, 5.41) is 0. The first-order chi connectivity index (χ1) is 8.24. The molecule has 0 saturated carbocycles. The largest absolute Gasteiger partial charge is 0.503 e. The lowest BCUT2D eigenvalue weighted by Gasteiger charge is -2.10. The van der Waals surface area contributed by atoms with E-state index in [0.717, 1.165) is 11.1 Å². The lowest BCUT2D eigenvalue weighted by Crippen LogP contribution is -2.07. The molecule has 0 bridgehead atoms. The van der Waals surface area contributed by atoms with Gasteiger partial charge in [0.25, 0.3) is 0 Å². The molecule has 17 heavy (non-hydrogen) atoms. The van der Waals surface area contributed by atoms with Gasteiger partial charge < -0.3 is 14.2 Å². The highest BCUT2D eigenvalue weighted by Crippen LogP contribution is 2.21. The molecule has 0 atom stereocenters. The van der Waals surface area contributed by atoms with Crippen LogP contribution in [0.15, 0.2) is 30.5 Å². The Bertz CT molecular complexity index is 410. The minimum Gasteiger partial charge on any atom is -0.503 e. The zero-order chi connectivity index (χ0) is 12.7. The van der Waals surface area contributed by atoms with E-state index in [1.807, 2.05) is 24.3 Å². The summed E-state index contributed by atoms with van der Waals surface area (Å²) in [5.41, 5.74) is 2.04. The first kappa shape index (κ1) is 13.3. The molecule has 1 rings (SSSR count). The number of ether oxygens (including phenoxy) is 3. The van der Waals surface area contributed by atoms with Gasteiger partial charge in [-0.3, -0.25) is 0 Å². The van der Waals surface area contributed by atoms with Gasteiger partial charge in [-0.2, -0.15) is 0 Å². The molecule has 0 aliphatic rings. The van der Waals surface area contributed by atoms with Gasteiger partial charge in [-0.15, -0.1) is 0 Å². The molecule has 92 valence electrons. The number of carbonyl (C=O) groups excluding carboxylic acids is 1. The molecule has 0 amide bonds. The zero-order valence-corrected chi connectivity index (χ0v) is 10.2. The Labute approximate surface area is 101 Å². The third kappa shape index (κ3) is 3.32. The fourth-order valence-corrected chi connectivity index (χ4v) is 1.51. The normalized spacial score (nSPS) is 11.1. The van der Waals surface area contributed by atoms with Gasteiger partial charge in [0.05, 0.1) is 27.1 Å². The van der Waals surface area contributed by atoms with Crippen molar-refractivity contribution in [3.63, 3.8) is 0 Å². The molecule has 0 aliphatic carbocycles. The topological polar surface area (TPSA) is 44.8 Å². The number of hydrogen-bond acceptors (Lipinski definition) is 4. The van der Waals surface area contributed by atoms with Crippen LogP contribution in [-0.4, -0.2) is 27.3 Å². The van der Waals surface area contributed by atoms with Crippen molar-refractivity contribution in [2.75, 3.05) is 21.3 Å². The van der Waals surface area contributed by atoms with E-state index in [2.05, 4.69) is 0 Å². The van der Waals surface area contributed by atoms with Crippen LogP contribution in [0.1, 0.15) is 11.1 Å². The summed E-state index contributed by atoms with van der Waals surface area (Å²) in [7, 11) is 4.43. The summed E-state index contributed by atoms with van der Waals surface area (Å²) in [6.45, 7) is 0.425. The Morgan fingerprint density at radius 1 is 1.24 bits per heavy atom. The van der Waals surface area contributed by atoms with Crippen LogP contribution in [0.25, 0.3) is 5.57 Å². The second-order valence-corrected chi connectivity index (χ2v) is 3.35. The molecule has 0 heterocycles. The lowest BCUT2D eigenvalue weighted by molar-refractivity contribution is -0.133. The first-order valence-corrected chi connectivity index (χ1v) is 5.13. The van der Waals surface area contributed by atoms with Gasteiger partial charge in [-0.05, 0) is 11.1 Å². The average Bonchev–Trinajstić information content (AvgIpc) is 2.36. The zero-order valence-electron chi connectivity index (χ0n) is 10.2. The molecule has 0 spiro atoms. The molecule has 0 aromatic heterocycles. The second kappa shape index (κ2) is 6.70. The highest BCUT2D eigenvalue weighted by Gasteiger charge is 2.16. The van der Waals surface area contributed by atoms with Crippen molar-refractivity contribution in [2.45, 2.75) is 6.61 Å². The summed E-state index contributed by atoms with van der Waals surface area (Å²) < 4.78 is 14.7.